The summed E-state index contributed by atoms with van der Waals surface area (Å²) in [5.41, 5.74) is 2.21. The van der Waals surface area contributed by atoms with Gasteiger partial charge < -0.3 is 10.6 Å². The lowest BCUT2D eigenvalue weighted by atomic mass is 10.0. The number of anilines is 1. The van der Waals surface area contributed by atoms with E-state index in [0.29, 0.717) is 0 Å². The molecule has 2 rings (SSSR count). The van der Waals surface area contributed by atoms with Gasteiger partial charge in [0.1, 0.15) is 0 Å². The molecule has 1 fully saturated rings. The van der Waals surface area contributed by atoms with Crippen molar-refractivity contribution in [3.63, 3.8) is 0 Å². The van der Waals surface area contributed by atoms with Gasteiger partial charge in [-0.1, -0.05) is 52.8 Å². The van der Waals surface area contributed by atoms with Crippen LogP contribution < -0.4 is 10.6 Å². The molecule has 1 amide bonds. The zero-order chi connectivity index (χ0) is 15.8. The SMILES string of the molecule is CCNC(C)c1ccccc1NC(=O)C1C(C)(C)C1(C)C. The second-order valence-electron chi connectivity index (χ2n) is 7.23. The summed E-state index contributed by atoms with van der Waals surface area (Å²) >= 11 is 0. The molecule has 116 valence electrons. The smallest absolute Gasteiger partial charge is 0.228 e. The Kier molecular flexibility index (Phi) is 4.16. The van der Waals surface area contributed by atoms with Crippen LogP contribution >= 0.6 is 0 Å². The molecular weight excluding hydrogens is 260 g/mol. The molecule has 1 aromatic rings. The highest BCUT2D eigenvalue weighted by atomic mass is 16.2. The number of nitrogens with one attached hydrogen (secondary N) is 2. The third kappa shape index (κ3) is 2.71. The van der Waals surface area contributed by atoms with E-state index in [1.807, 2.05) is 18.2 Å². The number of benzene rings is 1. The van der Waals surface area contributed by atoms with Gasteiger partial charge in [-0.25, -0.2) is 0 Å². The van der Waals surface area contributed by atoms with Crippen LogP contribution in [0.1, 0.15) is 53.1 Å². The highest BCUT2D eigenvalue weighted by molar-refractivity contribution is 5.96. The Hall–Kier alpha value is -1.35. The minimum atomic E-state index is 0.0688. The van der Waals surface area contributed by atoms with Crippen molar-refractivity contribution in [2.75, 3.05) is 11.9 Å². The molecule has 0 heterocycles. The van der Waals surface area contributed by atoms with Gasteiger partial charge in [0.2, 0.25) is 5.91 Å². The Balaban J connectivity index is 2.16. The van der Waals surface area contributed by atoms with Gasteiger partial charge in [0.15, 0.2) is 0 Å². The molecule has 0 spiro atoms. The van der Waals surface area contributed by atoms with E-state index in [9.17, 15) is 4.79 Å². The van der Waals surface area contributed by atoms with Gasteiger partial charge in [0, 0.05) is 17.6 Å². The van der Waals surface area contributed by atoms with Crippen LogP contribution in [0.25, 0.3) is 0 Å². The molecule has 3 nitrogen and oxygen atoms in total. The highest BCUT2D eigenvalue weighted by Crippen LogP contribution is 2.68. The highest BCUT2D eigenvalue weighted by Gasteiger charge is 2.68. The van der Waals surface area contributed by atoms with E-state index in [1.54, 1.807) is 0 Å². The molecule has 1 saturated carbocycles. The van der Waals surface area contributed by atoms with Crippen molar-refractivity contribution in [1.82, 2.24) is 5.32 Å². The van der Waals surface area contributed by atoms with Crippen molar-refractivity contribution in [1.29, 1.82) is 0 Å². The van der Waals surface area contributed by atoms with Crippen molar-refractivity contribution in [2.45, 2.75) is 47.6 Å². The van der Waals surface area contributed by atoms with E-state index in [0.717, 1.165) is 17.8 Å². The van der Waals surface area contributed by atoms with Crippen LogP contribution in [0.3, 0.4) is 0 Å². The molecule has 1 aliphatic carbocycles. The fourth-order valence-electron chi connectivity index (χ4n) is 3.46. The first kappa shape index (κ1) is 16.0. The average molecular weight is 288 g/mol. The number of amides is 1. The number of hydrogen-bond acceptors (Lipinski definition) is 2. The molecule has 1 aliphatic rings. The van der Waals surface area contributed by atoms with Crippen LogP contribution in [0.5, 0.6) is 0 Å². The largest absolute Gasteiger partial charge is 0.326 e. The first-order valence-electron chi connectivity index (χ1n) is 7.86. The van der Waals surface area contributed by atoms with Gasteiger partial charge in [-0.15, -0.1) is 0 Å². The zero-order valence-electron chi connectivity index (χ0n) is 14.1. The second kappa shape index (κ2) is 5.45. The van der Waals surface area contributed by atoms with E-state index >= 15 is 0 Å². The van der Waals surface area contributed by atoms with Crippen molar-refractivity contribution in [3.8, 4) is 0 Å². The molecule has 0 bridgehead atoms. The summed E-state index contributed by atoms with van der Waals surface area (Å²) in [6.45, 7) is 13.8. The van der Waals surface area contributed by atoms with Crippen LogP contribution in [-0.2, 0) is 4.79 Å². The van der Waals surface area contributed by atoms with Crippen molar-refractivity contribution in [2.24, 2.45) is 16.7 Å². The van der Waals surface area contributed by atoms with Gasteiger partial charge in [0.05, 0.1) is 0 Å². The maximum Gasteiger partial charge on any atom is 0.228 e. The molecule has 1 atom stereocenters. The number of para-hydroxylation sites is 1. The lowest BCUT2D eigenvalue weighted by Gasteiger charge is -2.18. The Labute approximate surface area is 128 Å². The Morgan fingerprint density at radius 2 is 1.76 bits per heavy atom. The van der Waals surface area contributed by atoms with Gasteiger partial charge >= 0.3 is 0 Å². The quantitative estimate of drug-likeness (QED) is 0.860. The number of rotatable bonds is 5. The average Bonchev–Trinajstić information content (AvgIpc) is 2.80. The summed E-state index contributed by atoms with van der Waals surface area (Å²) < 4.78 is 0. The monoisotopic (exact) mass is 288 g/mol. The Morgan fingerprint density at radius 1 is 1.19 bits per heavy atom. The Morgan fingerprint density at radius 3 is 2.29 bits per heavy atom. The molecule has 1 unspecified atom stereocenters. The molecule has 1 aromatic carbocycles. The van der Waals surface area contributed by atoms with E-state index in [4.69, 9.17) is 0 Å². The van der Waals surface area contributed by atoms with Crippen LogP contribution in [0, 0.1) is 16.7 Å². The summed E-state index contributed by atoms with van der Waals surface area (Å²) in [6.07, 6.45) is 0. The van der Waals surface area contributed by atoms with Gasteiger partial charge in [0.25, 0.3) is 0 Å². The van der Waals surface area contributed by atoms with Gasteiger partial charge in [-0.3, -0.25) is 4.79 Å². The summed E-state index contributed by atoms with van der Waals surface area (Å²) in [5.74, 6) is 0.216. The summed E-state index contributed by atoms with van der Waals surface area (Å²) in [5, 5.41) is 6.55. The van der Waals surface area contributed by atoms with Crippen molar-refractivity contribution >= 4 is 11.6 Å². The molecule has 3 heteroatoms. The third-order valence-electron chi connectivity index (χ3n) is 5.48. The van der Waals surface area contributed by atoms with Crippen molar-refractivity contribution in [3.05, 3.63) is 29.8 Å². The Bertz CT molecular complexity index is 520. The predicted octanol–water partition coefficient (Wildman–Crippen LogP) is 3.98. The first-order valence-corrected chi connectivity index (χ1v) is 7.86. The van der Waals surface area contributed by atoms with Crippen LogP contribution in [0.15, 0.2) is 24.3 Å². The lowest BCUT2D eigenvalue weighted by molar-refractivity contribution is -0.118. The van der Waals surface area contributed by atoms with Gasteiger partial charge in [-0.2, -0.15) is 0 Å². The topological polar surface area (TPSA) is 41.1 Å². The number of carbonyl (C=O) groups excluding carboxylic acids is 1. The molecule has 0 aliphatic heterocycles. The third-order valence-corrected chi connectivity index (χ3v) is 5.48. The summed E-state index contributed by atoms with van der Waals surface area (Å²) in [7, 11) is 0. The van der Waals surface area contributed by atoms with Crippen LogP contribution in [0.2, 0.25) is 0 Å². The predicted molar refractivity (Wildman–Crippen MR) is 88.2 cm³/mol. The minimum Gasteiger partial charge on any atom is -0.326 e. The minimum absolute atomic E-state index is 0.0688. The van der Waals surface area contributed by atoms with E-state index < -0.39 is 0 Å². The number of carbonyl (C=O) groups is 1. The maximum atomic E-state index is 12.6. The molecule has 2 N–H and O–H groups in total. The van der Waals surface area contributed by atoms with E-state index in [1.165, 1.54) is 0 Å². The van der Waals surface area contributed by atoms with Gasteiger partial charge in [-0.05, 0) is 35.9 Å². The lowest BCUT2D eigenvalue weighted by Crippen LogP contribution is -2.22. The molecule has 0 saturated heterocycles. The first-order chi connectivity index (χ1) is 9.73. The maximum absolute atomic E-state index is 12.6. The molecular formula is C18H28N2O. The van der Waals surface area contributed by atoms with Crippen LogP contribution in [-0.4, -0.2) is 12.5 Å². The summed E-state index contributed by atoms with van der Waals surface area (Å²) in [4.78, 5) is 12.6. The fourth-order valence-corrected chi connectivity index (χ4v) is 3.46. The second-order valence-corrected chi connectivity index (χ2v) is 7.23. The molecule has 0 aromatic heterocycles. The van der Waals surface area contributed by atoms with E-state index in [-0.39, 0.29) is 28.7 Å². The van der Waals surface area contributed by atoms with Crippen molar-refractivity contribution < 1.29 is 4.79 Å². The van der Waals surface area contributed by atoms with E-state index in [2.05, 4.69) is 58.2 Å². The molecule has 21 heavy (non-hydrogen) atoms. The fraction of sp³-hybridized carbons (Fsp3) is 0.611. The summed E-state index contributed by atoms with van der Waals surface area (Å²) in [6, 6.07) is 8.28. The van der Waals surface area contributed by atoms with Crippen LogP contribution in [0.4, 0.5) is 5.69 Å². The molecule has 0 radical (unpaired) electrons. The normalized spacial score (nSPS) is 20.9. The number of hydrogen-bond donors (Lipinski definition) is 2. The standard InChI is InChI=1S/C18H28N2O/c1-7-19-12(2)13-10-8-9-11-14(13)20-16(21)15-17(3,4)18(15,5)6/h8-12,15,19H,7H2,1-6H3,(H,20,21). The zero-order valence-corrected chi connectivity index (χ0v) is 14.1.